The summed E-state index contributed by atoms with van der Waals surface area (Å²) in [5.41, 5.74) is 0. The predicted octanol–water partition coefficient (Wildman–Crippen LogP) is 3.54. The van der Waals surface area contributed by atoms with Crippen molar-refractivity contribution in [1.29, 1.82) is 0 Å². The molecule has 6 nitrogen and oxygen atoms in total. The van der Waals surface area contributed by atoms with Crippen LogP contribution in [0.25, 0.3) is 0 Å². The monoisotopic (exact) mass is 495 g/mol. The topological polar surface area (TPSA) is 28.2 Å². The van der Waals surface area contributed by atoms with E-state index in [0.717, 1.165) is 25.0 Å². The van der Waals surface area contributed by atoms with Gasteiger partial charge in [-0.25, -0.2) is 0 Å². The van der Waals surface area contributed by atoms with E-state index in [-0.39, 0.29) is 0 Å². The molecule has 0 aromatic heterocycles. The van der Waals surface area contributed by atoms with Crippen molar-refractivity contribution < 1.29 is 0 Å². The highest BCUT2D eigenvalue weighted by Crippen LogP contribution is 2.35. The maximum Gasteiger partial charge on any atom is 0.0104 e. The van der Waals surface area contributed by atoms with E-state index in [0.29, 0.717) is 0 Å². The van der Waals surface area contributed by atoms with Gasteiger partial charge in [-0.2, -0.15) is 0 Å². The quantitative estimate of drug-likeness (QED) is 0.554. The van der Waals surface area contributed by atoms with Gasteiger partial charge in [0.2, 0.25) is 0 Å². The van der Waals surface area contributed by atoms with E-state index in [4.69, 9.17) is 0 Å². The highest BCUT2D eigenvalue weighted by Gasteiger charge is 2.35. The second-order valence-electron chi connectivity index (χ2n) is 12.1. The lowest BCUT2D eigenvalue weighted by atomic mass is 10.1. The van der Waals surface area contributed by atoms with Gasteiger partial charge in [0.25, 0.3) is 0 Å². The minimum atomic E-state index is 0.972. The number of hydrogen-bond acceptors (Lipinski definition) is 6. The molecule has 0 amide bonds. The summed E-state index contributed by atoms with van der Waals surface area (Å²) in [5.74, 6) is 1.07. The number of rotatable bonds is 0. The van der Waals surface area contributed by atoms with Crippen molar-refractivity contribution in [1.82, 2.24) is 29.8 Å². The summed E-state index contributed by atoms with van der Waals surface area (Å²) in [5, 5.41) is 3.27. The number of nitrogens with zero attached hydrogens (tertiary/aromatic N) is 5. The van der Waals surface area contributed by atoms with Gasteiger partial charge in [0.05, 0.1) is 0 Å². The van der Waals surface area contributed by atoms with Crippen LogP contribution < -0.4 is 5.32 Å². The molecule has 208 valence electrons. The van der Waals surface area contributed by atoms with Gasteiger partial charge in [0.1, 0.15) is 0 Å². The summed E-state index contributed by atoms with van der Waals surface area (Å²) in [4.78, 5) is 12.0. The first-order valence-corrected chi connectivity index (χ1v) is 15.1. The fourth-order valence-electron chi connectivity index (χ4n) is 5.93. The number of likely N-dealkylation sites (N-methyl/N-ethyl adjacent to an activating group) is 1. The largest absolute Gasteiger partial charge is 0.314 e. The molecule has 0 aromatic rings. The smallest absolute Gasteiger partial charge is 0.0104 e. The van der Waals surface area contributed by atoms with E-state index >= 15 is 0 Å². The third-order valence-corrected chi connectivity index (χ3v) is 8.51. The van der Waals surface area contributed by atoms with Crippen LogP contribution >= 0.6 is 0 Å². The second kappa shape index (κ2) is 18.9. The molecule has 6 aliphatic rings. The van der Waals surface area contributed by atoms with E-state index in [9.17, 15) is 0 Å². The Balaban J connectivity index is 0.000000155. The molecule has 6 fully saturated rings. The van der Waals surface area contributed by atoms with Crippen LogP contribution in [0.1, 0.15) is 70.6 Å². The Morgan fingerprint density at radius 3 is 1.06 bits per heavy atom. The summed E-state index contributed by atoms with van der Waals surface area (Å²) >= 11 is 0. The molecule has 35 heavy (non-hydrogen) atoms. The molecule has 6 rings (SSSR count). The Kier molecular flexibility index (Phi) is 16.7. The molecule has 0 radical (unpaired) electrons. The zero-order valence-corrected chi connectivity index (χ0v) is 24.4. The lowest BCUT2D eigenvalue weighted by molar-refractivity contribution is 0.261. The Labute approximate surface area is 219 Å². The standard InChI is InChI=1S/C7H13N.2C6H13N.C5H12N2.C5H11N/c1-8-5-6-2-3-7(8)4-6;2*1-7-5-3-2-4-6-7;1-7-4-2-6-3-5-7;1-6-4-2-3-5-6/h6-7H,2-5H2,1H3;2*2-6H2,1H3;6H,2-5H2,1H3;2-5H2,1H3. The van der Waals surface area contributed by atoms with E-state index < -0.39 is 0 Å². The van der Waals surface area contributed by atoms with Gasteiger partial charge in [-0.1, -0.05) is 12.8 Å². The van der Waals surface area contributed by atoms with Crippen LogP contribution in [-0.4, -0.2) is 138 Å². The molecule has 0 spiro atoms. The molecule has 2 atom stereocenters. The molecule has 5 saturated heterocycles. The zero-order chi connectivity index (χ0) is 25.3. The molecular formula is C29H62N6. The number of likely N-dealkylation sites (tertiary alicyclic amines) is 4. The van der Waals surface area contributed by atoms with Crippen molar-refractivity contribution in [2.45, 2.75) is 76.7 Å². The fraction of sp³-hybridized carbons (Fsp3) is 1.00. The number of nitrogens with one attached hydrogen (secondary N) is 1. The van der Waals surface area contributed by atoms with Gasteiger partial charge < -0.3 is 29.8 Å². The highest BCUT2D eigenvalue weighted by atomic mass is 15.2. The number of hydrogen-bond donors (Lipinski definition) is 1. The van der Waals surface area contributed by atoms with Crippen LogP contribution in [0.5, 0.6) is 0 Å². The summed E-state index contributed by atoms with van der Waals surface area (Å²) in [6.07, 6.45) is 15.9. The number of fused-ring (bicyclic) bond motifs is 2. The van der Waals surface area contributed by atoms with Gasteiger partial charge in [-0.3, -0.25) is 0 Å². The second-order valence-corrected chi connectivity index (χ2v) is 12.1. The molecule has 1 aliphatic carbocycles. The Morgan fingerprint density at radius 1 is 0.486 bits per heavy atom. The first-order valence-electron chi connectivity index (χ1n) is 15.1. The molecule has 1 N–H and O–H groups in total. The first-order chi connectivity index (χ1) is 16.9. The average Bonchev–Trinajstić information content (AvgIpc) is 3.61. The lowest BCUT2D eigenvalue weighted by Crippen LogP contribution is -2.40. The van der Waals surface area contributed by atoms with Crippen molar-refractivity contribution in [2.24, 2.45) is 5.92 Å². The van der Waals surface area contributed by atoms with Crippen molar-refractivity contribution >= 4 is 0 Å². The summed E-state index contributed by atoms with van der Waals surface area (Å²) in [7, 11) is 11.0. The molecule has 5 aliphatic heterocycles. The molecule has 5 heterocycles. The first kappa shape index (κ1) is 31.0. The van der Waals surface area contributed by atoms with Gasteiger partial charge >= 0.3 is 0 Å². The van der Waals surface area contributed by atoms with Crippen LogP contribution in [0.2, 0.25) is 0 Å². The van der Waals surface area contributed by atoms with Crippen LogP contribution in [-0.2, 0) is 0 Å². The van der Waals surface area contributed by atoms with E-state index in [1.54, 1.807) is 0 Å². The normalized spacial score (nSPS) is 30.1. The minimum absolute atomic E-state index is 0.972. The van der Waals surface area contributed by atoms with Gasteiger partial charge in [-0.05, 0) is 138 Å². The summed E-state index contributed by atoms with van der Waals surface area (Å²) in [6, 6.07) is 0.972. The molecule has 6 heteroatoms. The Morgan fingerprint density at radius 2 is 0.886 bits per heavy atom. The third kappa shape index (κ3) is 14.9. The molecule has 2 unspecified atom stereocenters. The average molecular weight is 495 g/mol. The van der Waals surface area contributed by atoms with Crippen molar-refractivity contribution in [2.75, 3.05) is 107 Å². The molecule has 0 aromatic carbocycles. The highest BCUT2D eigenvalue weighted by molar-refractivity contribution is 4.89. The maximum absolute atomic E-state index is 3.27. The SMILES string of the molecule is CN1CC2CCC1C2.CN1CCCC1.CN1CCCCC1.CN1CCCCC1.CN1CCNCC1. The van der Waals surface area contributed by atoms with E-state index in [2.05, 4.69) is 65.1 Å². The summed E-state index contributed by atoms with van der Waals surface area (Å²) in [6.45, 7) is 14.0. The van der Waals surface area contributed by atoms with Crippen LogP contribution in [0, 0.1) is 5.92 Å². The van der Waals surface area contributed by atoms with Crippen LogP contribution in [0.15, 0.2) is 0 Å². The van der Waals surface area contributed by atoms with Gasteiger partial charge in [-0.15, -0.1) is 0 Å². The maximum atomic E-state index is 3.27. The fourth-order valence-corrected chi connectivity index (χ4v) is 5.93. The van der Waals surface area contributed by atoms with Gasteiger partial charge in [0.15, 0.2) is 0 Å². The molecule has 2 bridgehead atoms. The van der Waals surface area contributed by atoms with Crippen molar-refractivity contribution in [3.63, 3.8) is 0 Å². The van der Waals surface area contributed by atoms with Crippen molar-refractivity contribution in [3.05, 3.63) is 0 Å². The van der Waals surface area contributed by atoms with Crippen LogP contribution in [0.4, 0.5) is 0 Å². The predicted molar refractivity (Wildman–Crippen MR) is 154 cm³/mol. The number of piperazine rings is 1. The molecule has 1 saturated carbocycles. The Bertz CT molecular complexity index is 440. The Hall–Kier alpha value is -0.240. The van der Waals surface area contributed by atoms with Crippen LogP contribution in [0.3, 0.4) is 0 Å². The zero-order valence-electron chi connectivity index (χ0n) is 24.4. The van der Waals surface area contributed by atoms with E-state index in [1.807, 2.05) is 0 Å². The lowest BCUT2D eigenvalue weighted by Gasteiger charge is -2.21. The third-order valence-electron chi connectivity index (χ3n) is 8.51. The molecular weight excluding hydrogens is 432 g/mol. The van der Waals surface area contributed by atoms with E-state index in [1.165, 1.54) is 130 Å². The van der Waals surface area contributed by atoms with Gasteiger partial charge in [0, 0.05) is 38.8 Å². The number of piperidine rings is 3. The minimum Gasteiger partial charge on any atom is -0.314 e. The summed E-state index contributed by atoms with van der Waals surface area (Å²) < 4.78 is 0. The van der Waals surface area contributed by atoms with Crippen molar-refractivity contribution in [3.8, 4) is 0 Å².